The van der Waals surface area contributed by atoms with Gasteiger partial charge in [0.2, 0.25) is 0 Å². The second-order valence-corrected chi connectivity index (χ2v) is 5.15. The van der Waals surface area contributed by atoms with Crippen molar-refractivity contribution in [3.63, 3.8) is 0 Å². The molecule has 0 unspecified atom stereocenters. The number of nitrogens with zero attached hydrogens (tertiary/aromatic N) is 1. The molecule has 3 rings (SSSR count). The lowest BCUT2D eigenvalue weighted by Crippen LogP contribution is -1.96. The Labute approximate surface area is 112 Å². The van der Waals surface area contributed by atoms with Gasteiger partial charge in [-0.2, -0.15) is 0 Å². The Balaban J connectivity index is 2.06. The third-order valence-corrected chi connectivity index (χ3v) is 3.90. The summed E-state index contributed by atoms with van der Waals surface area (Å²) in [6.45, 7) is 0. The molecule has 0 amide bonds. The topological polar surface area (TPSA) is 70.4 Å². The Morgan fingerprint density at radius 1 is 1.16 bits per heavy atom. The molecule has 5 heteroatoms. The van der Waals surface area contributed by atoms with Crippen molar-refractivity contribution in [1.29, 1.82) is 0 Å². The smallest absolute Gasteiger partial charge is 0.337 e. The lowest BCUT2D eigenvalue weighted by molar-refractivity contribution is 0.0696. The van der Waals surface area contributed by atoms with Crippen LogP contribution in [0, 0.1) is 0 Å². The summed E-state index contributed by atoms with van der Waals surface area (Å²) in [6, 6.07) is 10.3. The van der Waals surface area contributed by atoms with Gasteiger partial charge in [-0.25, -0.2) is 4.79 Å². The Bertz CT molecular complexity index is 762. The predicted octanol–water partition coefficient (Wildman–Crippen LogP) is 3.37. The van der Waals surface area contributed by atoms with Crippen LogP contribution >= 0.6 is 11.3 Å². The van der Waals surface area contributed by atoms with Crippen molar-refractivity contribution in [3.8, 4) is 16.3 Å². The van der Waals surface area contributed by atoms with Gasteiger partial charge in [0.15, 0.2) is 0 Å². The fourth-order valence-electron chi connectivity index (χ4n) is 1.82. The van der Waals surface area contributed by atoms with Gasteiger partial charge in [0.05, 0.1) is 16.1 Å². The van der Waals surface area contributed by atoms with Gasteiger partial charge in [-0.15, -0.1) is 11.3 Å². The fraction of sp³-hybridized carbons (Fsp3) is 0. The van der Waals surface area contributed by atoms with Gasteiger partial charge in [-0.1, -0.05) is 0 Å². The summed E-state index contributed by atoms with van der Waals surface area (Å²) < 4.78 is 1.05. The number of phenolic OH excluding ortho intramolecular Hbond substituents is 1. The molecule has 0 atom stereocenters. The van der Waals surface area contributed by atoms with Gasteiger partial charge < -0.3 is 10.2 Å². The summed E-state index contributed by atoms with van der Waals surface area (Å²) in [5.41, 5.74) is 0.896. The Hall–Kier alpha value is -2.40. The minimum absolute atomic E-state index is 0.169. The number of carboxylic acids is 1. The molecule has 0 aliphatic heterocycles. The number of rotatable bonds is 2. The first-order valence-corrected chi connectivity index (χ1v) is 6.37. The van der Waals surface area contributed by atoms with Crippen LogP contribution in [0.1, 0.15) is 10.4 Å². The van der Waals surface area contributed by atoms with E-state index in [2.05, 4.69) is 4.98 Å². The molecule has 0 bridgehead atoms. The van der Waals surface area contributed by atoms with Crippen molar-refractivity contribution >= 4 is 27.4 Å². The van der Waals surface area contributed by atoms with E-state index in [1.54, 1.807) is 29.5 Å². The van der Waals surface area contributed by atoms with Gasteiger partial charge >= 0.3 is 5.97 Å². The first-order chi connectivity index (χ1) is 9.13. The molecule has 2 N–H and O–H groups in total. The number of carbonyl (C=O) groups is 1. The number of carboxylic acid groups (broad SMARTS) is 1. The third-order valence-electron chi connectivity index (χ3n) is 2.76. The van der Waals surface area contributed by atoms with Crippen LogP contribution < -0.4 is 0 Å². The van der Waals surface area contributed by atoms with Crippen LogP contribution in [0.15, 0.2) is 42.6 Å². The van der Waals surface area contributed by atoms with E-state index in [-0.39, 0.29) is 11.3 Å². The Morgan fingerprint density at radius 3 is 2.68 bits per heavy atom. The van der Waals surface area contributed by atoms with E-state index in [0.29, 0.717) is 0 Å². The van der Waals surface area contributed by atoms with Gasteiger partial charge in [0.25, 0.3) is 0 Å². The number of hydrogen-bond acceptors (Lipinski definition) is 4. The second-order valence-electron chi connectivity index (χ2n) is 4.07. The predicted molar refractivity (Wildman–Crippen MR) is 73.7 cm³/mol. The van der Waals surface area contributed by atoms with Crippen LogP contribution in [0.4, 0.5) is 0 Å². The first-order valence-electron chi connectivity index (χ1n) is 5.56. The molecule has 0 saturated carbocycles. The molecule has 0 radical (unpaired) electrons. The molecule has 0 fully saturated rings. The van der Waals surface area contributed by atoms with Crippen LogP contribution in [0.2, 0.25) is 0 Å². The molecule has 1 aromatic carbocycles. The minimum Gasteiger partial charge on any atom is -0.508 e. The zero-order valence-corrected chi connectivity index (χ0v) is 10.5. The Kier molecular flexibility index (Phi) is 2.68. The molecule has 0 aliphatic carbocycles. The highest BCUT2D eigenvalue weighted by atomic mass is 32.1. The van der Waals surface area contributed by atoms with Crippen molar-refractivity contribution in [2.45, 2.75) is 0 Å². The summed E-state index contributed by atoms with van der Waals surface area (Å²) >= 11 is 1.55. The number of fused-ring (bicyclic) bond motifs is 1. The maximum Gasteiger partial charge on any atom is 0.337 e. The number of aromatic hydroxyl groups is 1. The Morgan fingerprint density at radius 2 is 2.00 bits per heavy atom. The molecular formula is C14H9NO3S. The molecule has 0 aliphatic rings. The number of hydrogen-bond donors (Lipinski definition) is 2. The fourth-order valence-corrected chi connectivity index (χ4v) is 2.84. The van der Waals surface area contributed by atoms with E-state index in [4.69, 9.17) is 5.11 Å². The summed E-state index contributed by atoms with van der Waals surface area (Å²) in [6.07, 6.45) is 1.35. The number of aromatic nitrogens is 1. The molecule has 4 nitrogen and oxygen atoms in total. The summed E-state index contributed by atoms with van der Waals surface area (Å²) in [5, 5.41) is 19.2. The molecule has 19 heavy (non-hydrogen) atoms. The van der Waals surface area contributed by atoms with Crippen molar-refractivity contribution in [1.82, 2.24) is 4.98 Å². The van der Waals surface area contributed by atoms with Gasteiger partial charge in [0.1, 0.15) is 5.75 Å². The highest BCUT2D eigenvalue weighted by molar-refractivity contribution is 7.22. The molecule has 2 aromatic heterocycles. The maximum atomic E-state index is 10.8. The molecule has 0 saturated heterocycles. The van der Waals surface area contributed by atoms with Gasteiger partial charge in [-0.3, -0.25) is 4.98 Å². The molecular weight excluding hydrogens is 262 g/mol. The minimum atomic E-state index is -0.986. The van der Waals surface area contributed by atoms with Crippen LogP contribution in [0.25, 0.3) is 20.7 Å². The van der Waals surface area contributed by atoms with E-state index in [0.717, 1.165) is 20.7 Å². The zero-order chi connectivity index (χ0) is 13.4. The largest absolute Gasteiger partial charge is 0.508 e. The van der Waals surface area contributed by atoms with Gasteiger partial charge in [-0.05, 0) is 41.8 Å². The molecule has 94 valence electrons. The number of thiophene rings is 1. The van der Waals surface area contributed by atoms with E-state index in [1.165, 1.54) is 12.3 Å². The zero-order valence-electron chi connectivity index (χ0n) is 9.70. The summed E-state index contributed by atoms with van der Waals surface area (Å²) in [5.74, 6) is -0.758. The van der Waals surface area contributed by atoms with Crippen LogP contribution in [0.5, 0.6) is 5.75 Å². The SMILES string of the molecule is O=C(O)c1ccc(-c2cc3cc(O)ccc3s2)nc1. The third kappa shape index (κ3) is 2.15. The van der Waals surface area contributed by atoms with E-state index in [9.17, 15) is 9.90 Å². The van der Waals surface area contributed by atoms with Gasteiger partial charge in [0, 0.05) is 10.9 Å². The normalized spacial score (nSPS) is 10.7. The average molecular weight is 271 g/mol. The molecule has 0 spiro atoms. The van der Waals surface area contributed by atoms with E-state index >= 15 is 0 Å². The number of pyridine rings is 1. The van der Waals surface area contributed by atoms with Crippen LogP contribution in [0.3, 0.4) is 0 Å². The van der Waals surface area contributed by atoms with Crippen molar-refractivity contribution < 1.29 is 15.0 Å². The van der Waals surface area contributed by atoms with Crippen LogP contribution in [-0.2, 0) is 0 Å². The second kappa shape index (κ2) is 4.37. The highest BCUT2D eigenvalue weighted by Crippen LogP contribution is 2.34. The van der Waals surface area contributed by atoms with Crippen molar-refractivity contribution in [2.75, 3.05) is 0 Å². The quantitative estimate of drug-likeness (QED) is 0.749. The van der Waals surface area contributed by atoms with E-state index in [1.807, 2.05) is 12.1 Å². The molecule has 2 heterocycles. The standard InChI is InChI=1S/C14H9NO3S/c16-10-2-4-12-9(5-10)6-13(19-12)11-3-1-8(7-15-11)14(17)18/h1-7,16H,(H,17,18). The lowest BCUT2D eigenvalue weighted by Gasteiger charge is -1.97. The summed E-state index contributed by atoms with van der Waals surface area (Å²) in [7, 11) is 0. The lowest BCUT2D eigenvalue weighted by atomic mass is 10.2. The summed E-state index contributed by atoms with van der Waals surface area (Å²) in [4.78, 5) is 15.9. The number of aromatic carboxylic acids is 1. The maximum absolute atomic E-state index is 10.8. The van der Waals surface area contributed by atoms with Crippen LogP contribution in [-0.4, -0.2) is 21.2 Å². The number of phenols is 1. The highest BCUT2D eigenvalue weighted by Gasteiger charge is 2.08. The van der Waals surface area contributed by atoms with Crippen molar-refractivity contribution in [2.24, 2.45) is 0 Å². The average Bonchev–Trinajstić information content (AvgIpc) is 2.81. The number of benzene rings is 1. The van der Waals surface area contributed by atoms with E-state index < -0.39 is 5.97 Å². The first kappa shape index (κ1) is 11.7. The monoisotopic (exact) mass is 271 g/mol. The molecule has 3 aromatic rings. The van der Waals surface area contributed by atoms with Crippen molar-refractivity contribution in [3.05, 3.63) is 48.2 Å².